The third kappa shape index (κ3) is 10.6. The van der Waals surface area contributed by atoms with Gasteiger partial charge in [-0.1, -0.05) is 27.7 Å². The molecular weight excluding hydrogens is 256 g/mol. The lowest BCUT2D eigenvalue weighted by atomic mass is 10.1. The summed E-state index contributed by atoms with van der Waals surface area (Å²) in [6.07, 6.45) is 2.54. The number of hydrogen-bond acceptors (Lipinski definition) is 2. The van der Waals surface area contributed by atoms with Crippen LogP contribution < -0.4 is 5.32 Å². The summed E-state index contributed by atoms with van der Waals surface area (Å²) in [4.78, 5) is 24.3. The highest BCUT2D eigenvalue weighted by Gasteiger charge is 2.13. The molecule has 5 heteroatoms. The smallest absolute Gasteiger partial charge is 0.317 e. The van der Waals surface area contributed by atoms with Crippen molar-refractivity contribution >= 4 is 12.0 Å². The molecule has 0 spiro atoms. The molecule has 0 bridgehead atoms. The molecule has 0 saturated carbocycles. The zero-order valence-corrected chi connectivity index (χ0v) is 13.3. The SMILES string of the molecule is CC(C)CCN(CCC(C)C)C(=O)NCCCC(=O)O. The number of carboxylic acid groups (broad SMARTS) is 1. The third-order valence-electron chi connectivity index (χ3n) is 3.08. The van der Waals surface area contributed by atoms with Gasteiger partial charge in [-0.05, 0) is 31.1 Å². The fraction of sp³-hybridized carbons (Fsp3) is 0.867. The summed E-state index contributed by atoms with van der Waals surface area (Å²) in [6.45, 7) is 10.5. The first-order valence-corrected chi connectivity index (χ1v) is 7.57. The van der Waals surface area contributed by atoms with Gasteiger partial charge in [-0.25, -0.2) is 4.79 Å². The number of nitrogens with zero attached hydrogens (tertiary/aromatic N) is 1. The molecule has 118 valence electrons. The number of carboxylic acids is 1. The van der Waals surface area contributed by atoms with Gasteiger partial charge in [0.2, 0.25) is 0 Å². The van der Waals surface area contributed by atoms with Crippen LogP contribution in [-0.4, -0.2) is 41.6 Å². The number of hydrogen-bond donors (Lipinski definition) is 2. The summed E-state index contributed by atoms with van der Waals surface area (Å²) < 4.78 is 0. The standard InChI is InChI=1S/C15H30N2O3/c1-12(2)7-10-17(11-8-13(3)4)15(20)16-9-5-6-14(18)19/h12-13H,5-11H2,1-4H3,(H,16,20)(H,18,19). The molecule has 2 amide bonds. The fourth-order valence-electron chi connectivity index (χ4n) is 1.69. The second-order valence-electron chi connectivity index (χ2n) is 6.08. The second-order valence-corrected chi connectivity index (χ2v) is 6.08. The zero-order valence-electron chi connectivity index (χ0n) is 13.3. The number of amides is 2. The molecule has 0 saturated heterocycles. The minimum Gasteiger partial charge on any atom is -0.481 e. The first-order chi connectivity index (χ1) is 9.32. The van der Waals surface area contributed by atoms with E-state index in [4.69, 9.17) is 5.11 Å². The van der Waals surface area contributed by atoms with E-state index < -0.39 is 5.97 Å². The Morgan fingerprint density at radius 1 is 1.05 bits per heavy atom. The predicted octanol–water partition coefficient (Wildman–Crippen LogP) is 2.96. The van der Waals surface area contributed by atoms with Crippen molar-refractivity contribution in [3.8, 4) is 0 Å². The van der Waals surface area contributed by atoms with Crippen LogP contribution in [0.3, 0.4) is 0 Å². The van der Waals surface area contributed by atoms with Gasteiger partial charge in [0.05, 0.1) is 0 Å². The lowest BCUT2D eigenvalue weighted by molar-refractivity contribution is -0.137. The number of carbonyl (C=O) groups is 2. The van der Waals surface area contributed by atoms with E-state index in [1.54, 1.807) is 0 Å². The van der Waals surface area contributed by atoms with Crippen molar-refractivity contribution in [1.82, 2.24) is 10.2 Å². The van der Waals surface area contributed by atoms with Crippen molar-refractivity contribution in [3.63, 3.8) is 0 Å². The van der Waals surface area contributed by atoms with E-state index in [1.165, 1.54) is 0 Å². The van der Waals surface area contributed by atoms with Crippen LogP contribution in [0.4, 0.5) is 4.79 Å². The largest absolute Gasteiger partial charge is 0.481 e. The minimum absolute atomic E-state index is 0.0725. The van der Waals surface area contributed by atoms with Crippen LogP contribution in [0.2, 0.25) is 0 Å². The van der Waals surface area contributed by atoms with Gasteiger partial charge in [0.25, 0.3) is 0 Å². The highest BCUT2D eigenvalue weighted by atomic mass is 16.4. The Balaban J connectivity index is 4.13. The van der Waals surface area contributed by atoms with E-state index in [0.717, 1.165) is 25.9 Å². The Bertz CT molecular complexity index is 279. The molecule has 0 unspecified atom stereocenters. The number of nitrogens with one attached hydrogen (secondary N) is 1. The summed E-state index contributed by atoms with van der Waals surface area (Å²) >= 11 is 0. The van der Waals surface area contributed by atoms with E-state index >= 15 is 0 Å². The predicted molar refractivity (Wildman–Crippen MR) is 80.8 cm³/mol. The Labute approximate surface area is 122 Å². The van der Waals surface area contributed by atoms with Gasteiger partial charge in [-0.2, -0.15) is 0 Å². The van der Waals surface area contributed by atoms with Crippen molar-refractivity contribution in [2.24, 2.45) is 11.8 Å². The van der Waals surface area contributed by atoms with Crippen molar-refractivity contribution in [2.75, 3.05) is 19.6 Å². The van der Waals surface area contributed by atoms with Crippen LogP contribution >= 0.6 is 0 Å². The Morgan fingerprint density at radius 3 is 1.95 bits per heavy atom. The van der Waals surface area contributed by atoms with Gasteiger partial charge >= 0.3 is 12.0 Å². The molecule has 0 radical (unpaired) electrons. The summed E-state index contributed by atoms with van der Waals surface area (Å²) in [5, 5.41) is 11.4. The van der Waals surface area contributed by atoms with Gasteiger partial charge < -0.3 is 15.3 Å². The number of aliphatic carboxylic acids is 1. The highest BCUT2D eigenvalue weighted by molar-refractivity contribution is 5.74. The molecule has 0 aromatic carbocycles. The van der Waals surface area contributed by atoms with Gasteiger partial charge in [0, 0.05) is 26.1 Å². The molecule has 0 atom stereocenters. The van der Waals surface area contributed by atoms with Crippen molar-refractivity contribution in [1.29, 1.82) is 0 Å². The Kier molecular flexibility index (Phi) is 9.86. The van der Waals surface area contributed by atoms with E-state index in [2.05, 4.69) is 33.0 Å². The average Bonchev–Trinajstić information content (AvgIpc) is 2.33. The number of rotatable bonds is 10. The Morgan fingerprint density at radius 2 is 1.55 bits per heavy atom. The van der Waals surface area contributed by atoms with Crippen LogP contribution in [0.5, 0.6) is 0 Å². The van der Waals surface area contributed by atoms with Crippen molar-refractivity contribution < 1.29 is 14.7 Å². The molecule has 2 N–H and O–H groups in total. The highest BCUT2D eigenvalue weighted by Crippen LogP contribution is 2.06. The zero-order chi connectivity index (χ0) is 15.5. The van der Waals surface area contributed by atoms with Gasteiger partial charge in [-0.3, -0.25) is 4.79 Å². The van der Waals surface area contributed by atoms with Crippen LogP contribution in [0.1, 0.15) is 53.4 Å². The van der Waals surface area contributed by atoms with E-state index in [0.29, 0.717) is 24.8 Å². The van der Waals surface area contributed by atoms with E-state index in [1.807, 2.05) is 4.90 Å². The minimum atomic E-state index is -0.823. The molecule has 5 nitrogen and oxygen atoms in total. The number of urea groups is 1. The molecule has 0 heterocycles. The molecule has 0 aromatic heterocycles. The van der Waals surface area contributed by atoms with Gasteiger partial charge in [0.1, 0.15) is 0 Å². The van der Waals surface area contributed by atoms with E-state index in [9.17, 15) is 9.59 Å². The van der Waals surface area contributed by atoms with Crippen LogP contribution in [0.25, 0.3) is 0 Å². The molecule has 0 fully saturated rings. The van der Waals surface area contributed by atoms with Crippen LogP contribution in [0, 0.1) is 11.8 Å². The third-order valence-corrected chi connectivity index (χ3v) is 3.08. The summed E-state index contributed by atoms with van der Waals surface area (Å²) in [5.74, 6) is 0.309. The van der Waals surface area contributed by atoms with Crippen molar-refractivity contribution in [2.45, 2.75) is 53.4 Å². The molecule has 0 aliphatic heterocycles. The first-order valence-electron chi connectivity index (χ1n) is 7.57. The molecule has 0 aliphatic carbocycles. The van der Waals surface area contributed by atoms with Gasteiger partial charge in [-0.15, -0.1) is 0 Å². The van der Waals surface area contributed by atoms with Gasteiger partial charge in [0.15, 0.2) is 0 Å². The first kappa shape index (κ1) is 18.7. The summed E-state index contributed by atoms with van der Waals surface area (Å²) in [5.41, 5.74) is 0. The van der Waals surface area contributed by atoms with Crippen LogP contribution in [-0.2, 0) is 4.79 Å². The van der Waals surface area contributed by atoms with Crippen molar-refractivity contribution in [3.05, 3.63) is 0 Å². The monoisotopic (exact) mass is 286 g/mol. The second kappa shape index (κ2) is 10.5. The fourth-order valence-corrected chi connectivity index (χ4v) is 1.69. The molecule has 0 rings (SSSR count). The lowest BCUT2D eigenvalue weighted by Gasteiger charge is -2.24. The quantitative estimate of drug-likeness (QED) is 0.607. The summed E-state index contributed by atoms with van der Waals surface area (Å²) in [6, 6.07) is -0.0725. The molecule has 20 heavy (non-hydrogen) atoms. The van der Waals surface area contributed by atoms with Crippen LogP contribution in [0.15, 0.2) is 0 Å². The normalized spacial score (nSPS) is 10.9. The lowest BCUT2D eigenvalue weighted by Crippen LogP contribution is -2.42. The average molecular weight is 286 g/mol. The maximum atomic E-state index is 12.1. The number of carbonyl (C=O) groups excluding carboxylic acids is 1. The maximum absolute atomic E-state index is 12.1. The van der Waals surface area contributed by atoms with E-state index in [-0.39, 0.29) is 12.5 Å². The topological polar surface area (TPSA) is 69.6 Å². The Hall–Kier alpha value is -1.26. The molecule has 0 aliphatic rings. The molecule has 0 aromatic rings. The summed E-state index contributed by atoms with van der Waals surface area (Å²) in [7, 11) is 0. The maximum Gasteiger partial charge on any atom is 0.317 e. The molecular formula is C15H30N2O3.